The van der Waals surface area contributed by atoms with Crippen LogP contribution >= 0.6 is 0 Å². The Morgan fingerprint density at radius 3 is 2.54 bits per heavy atom. The van der Waals surface area contributed by atoms with Crippen molar-refractivity contribution in [3.8, 4) is 5.69 Å². The van der Waals surface area contributed by atoms with Crippen molar-refractivity contribution in [3.63, 3.8) is 0 Å². The summed E-state index contributed by atoms with van der Waals surface area (Å²) in [6.45, 7) is 4.19. The largest absolute Gasteiger partial charge is 0.384 e. The maximum atomic E-state index is 13.9. The highest BCUT2D eigenvalue weighted by Crippen LogP contribution is 2.26. The molecule has 6 aromatic rings. The number of aromatic nitrogens is 4. The fourth-order valence-corrected chi connectivity index (χ4v) is 5.19. The van der Waals surface area contributed by atoms with E-state index >= 15 is 0 Å². The molecule has 3 heterocycles. The van der Waals surface area contributed by atoms with Crippen molar-refractivity contribution in [2.24, 2.45) is 0 Å². The van der Waals surface area contributed by atoms with Gasteiger partial charge in [-0.05, 0) is 66.8 Å². The van der Waals surface area contributed by atoms with Gasteiger partial charge in [0.05, 0.1) is 34.4 Å². The summed E-state index contributed by atoms with van der Waals surface area (Å²) < 4.78 is 1.75. The molecule has 6 rings (SSSR count). The van der Waals surface area contributed by atoms with Gasteiger partial charge in [0.2, 0.25) is 0 Å². The number of fused-ring (bicyclic) bond motifs is 2. The summed E-state index contributed by atoms with van der Waals surface area (Å²) in [4.78, 5) is 26.9. The van der Waals surface area contributed by atoms with E-state index in [-0.39, 0.29) is 23.6 Å². The topological polar surface area (TPSA) is 149 Å². The molecule has 9 nitrogen and oxygen atoms in total. The molecular weight excluding hydrogens is 512 g/mol. The first-order valence-electron chi connectivity index (χ1n) is 13.1. The van der Waals surface area contributed by atoms with Crippen LogP contribution in [0, 0.1) is 19.3 Å². The molecule has 0 aliphatic heterocycles. The van der Waals surface area contributed by atoms with Gasteiger partial charge in [-0.2, -0.15) is 0 Å². The first kappa shape index (κ1) is 25.7. The lowest BCUT2D eigenvalue weighted by Crippen LogP contribution is -2.25. The minimum absolute atomic E-state index is 0.0905. The van der Waals surface area contributed by atoms with Gasteiger partial charge in [0.15, 0.2) is 0 Å². The molecule has 202 valence electrons. The Balaban J connectivity index is 1.43. The van der Waals surface area contributed by atoms with Gasteiger partial charge in [0, 0.05) is 16.6 Å². The zero-order valence-corrected chi connectivity index (χ0v) is 22.6. The molecule has 6 N–H and O–H groups in total. The van der Waals surface area contributed by atoms with Crippen molar-refractivity contribution in [1.29, 1.82) is 5.41 Å². The van der Waals surface area contributed by atoms with Crippen LogP contribution in [0.2, 0.25) is 0 Å². The van der Waals surface area contributed by atoms with Gasteiger partial charge in [-0.25, -0.2) is 15.0 Å². The number of nitrogens with zero attached hydrogens (tertiary/aromatic N) is 4. The number of hydrogen-bond donors (Lipinski definition) is 4. The van der Waals surface area contributed by atoms with Crippen molar-refractivity contribution < 1.29 is 0 Å². The molecule has 0 unspecified atom stereocenters. The molecule has 0 aliphatic rings. The van der Waals surface area contributed by atoms with Gasteiger partial charge >= 0.3 is 0 Å². The van der Waals surface area contributed by atoms with Crippen LogP contribution in [0.5, 0.6) is 0 Å². The number of para-hydroxylation sites is 1. The molecular formula is C32H28N8O. The van der Waals surface area contributed by atoms with Crippen molar-refractivity contribution in [2.45, 2.75) is 20.4 Å². The third kappa shape index (κ3) is 4.63. The Labute approximate surface area is 236 Å². The number of aryl methyl sites for hydroxylation is 2. The first-order valence-corrected chi connectivity index (χ1v) is 13.1. The lowest BCUT2D eigenvalue weighted by molar-refractivity contribution is 0.883. The van der Waals surface area contributed by atoms with E-state index in [0.29, 0.717) is 28.1 Å². The zero-order valence-electron chi connectivity index (χ0n) is 22.6. The minimum Gasteiger partial charge on any atom is -0.384 e. The second kappa shape index (κ2) is 10.2. The van der Waals surface area contributed by atoms with E-state index in [1.165, 1.54) is 6.33 Å². The van der Waals surface area contributed by atoms with Crippen LogP contribution in [0.3, 0.4) is 0 Å². The smallest absolute Gasteiger partial charge is 0.263 e. The Kier molecular flexibility index (Phi) is 6.39. The van der Waals surface area contributed by atoms with Crippen LogP contribution in [0.4, 0.5) is 17.5 Å². The van der Waals surface area contributed by atoms with Crippen molar-refractivity contribution in [3.05, 3.63) is 123 Å². The maximum absolute atomic E-state index is 13.9. The van der Waals surface area contributed by atoms with E-state index in [1.807, 2.05) is 80.6 Å². The van der Waals surface area contributed by atoms with Crippen molar-refractivity contribution in [2.75, 3.05) is 16.8 Å². The number of nitrogen functional groups attached to an aromatic ring is 2. The fourth-order valence-electron chi connectivity index (χ4n) is 5.19. The summed E-state index contributed by atoms with van der Waals surface area (Å²) in [5, 5.41) is 14.8. The first-order chi connectivity index (χ1) is 19.8. The summed E-state index contributed by atoms with van der Waals surface area (Å²) in [7, 11) is 0. The summed E-state index contributed by atoms with van der Waals surface area (Å²) in [5.74, 6) is 1.00. The minimum atomic E-state index is -0.0905. The second-order valence-electron chi connectivity index (χ2n) is 9.96. The highest BCUT2D eigenvalue weighted by Gasteiger charge is 2.19. The van der Waals surface area contributed by atoms with Crippen LogP contribution in [-0.4, -0.2) is 25.2 Å². The third-order valence-electron chi connectivity index (χ3n) is 7.25. The van der Waals surface area contributed by atoms with Gasteiger partial charge in [0.1, 0.15) is 23.8 Å². The SMILES string of the molecule is Cc1ccccc1-n1c(CNc2ncnc(N)c2C(=N)c2ccc3nc(N)ccc3c2)cc2cccc(C)c2c1=O. The van der Waals surface area contributed by atoms with E-state index in [0.717, 1.165) is 38.8 Å². The molecule has 0 saturated carbocycles. The number of rotatable bonds is 6. The lowest BCUT2D eigenvalue weighted by atomic mass is 10.0. The Morgan fingerprint density at radius 2 is 1.71 bits per heavy atom. The highest BCUT2D eigenvalue weighted by molar-refractivity contribution is 6.17. The summed E-state index contributed by atoms with van der Waals surface area (Å²) >= 11 is 0. The van der Waals surface area contributed by atoms with Crippen LogP contribution in [0.1, 0.15) is 27.9 Å². The fraction of sp³-hybridized carbons (Fsp3) is 0.0938. The van der Waals surface area contributed by atoms with Crippen LogP contribution in [0.25, 0.3) is 27.4 Å². The maximum Gasteiger partial charge on any atom is 0.263 e. The molecule has 3 aromatic carbocycles. The molecule has 0 spiro atoms. The van der Waals surface area contributed by atoms with E-state index in [4.69, 9.17) is 16.9 Å². The number of benzene rings is 3. The van der Waals surface area contributed by atoms with Gasteiger partial charge in [-0.1, -0.05) is 42.5 Å². The summed E-state index contributed by atoms with van der Waals surface area (Å²) in [5.41, 5.74) is 17.4. The zero-order chi connectivity index (χ0) is 28.7. The molecule has 0 saturated heterocycles. The highest BCUT2D eigenvalue weighted by atomic mass is 16.1. The lowest BCUT2D eigenvalue weighted by Gasteiger charge is -2.19. The number of pyridine rings is 2. The standard InChI is InChI=1S/C32H28N8O/c1-18-6-3-4-9-25(18)40-23(15-21-8-5-7-19(2)27(21)32(40)41)16-36-31-28(30(35)37-17-38-31)29(34)22-10-12-24-20(14-22)11-13-26(33)39-24/h3-15,17,34H,16H2,1-2H3,(H2,33,39)(H3,35,36,37,38). The molecule has 9 heteroatoms. The molecule has 41 heavy (non-hydrogen) atoms. The third-order valence-corrected chi connectivity index (χ3v) is 7.25. The van der Waals surface area contributed by atoms with Gasteiger partial charge in [-0.3, -0.25) is 14.8 Å². The molecule has 0 fully saturated rings. The predicted octanol–water partition coefficient (Wildman–Crippen LogP) is 5.14. The monoisotopic (exact) mass is 540 g/mol. The van der Waals surface area contributed by atoms with Crippen molar-refractivity contribution >= 4 is 44.8 Å². The van der Waals surface area contributed by atoms with Gasteiger partial charge in [-0.15, -0.1) is 0 Å². The van der Waals surface area contributed by atoms with Gasteiger partial charge < -0.3 is 16.8 Å². The number of anilines is 3. The van der Waals surface area contributed by atoms with E-state index in [2.05, 4.69) is 20.3 Å². The Bertz CT molecular complexity index is 2050. The number of nitrogens with two attached hydrogens (primary N) is 2. The average Bonchev–Trinajstić information content (AvgIpc) is 2.96. The van der Waals surface area contributed by atoms with E-state index < -0.39 is 0 Å². The molecule has 0 atom stereocenters. The van der Waals surface area contributed by atoms with Crippen LogP contribution in [-0.2, 0) is 6.54 Å². The Hall–Kier alpha value is -5.57. The number of hydrogen-bond acceptors (Lipinski definition) is 8. The normalized spacial score (nSPS) is 11.2. The van der Waals surface area contributed by atoms with Crippen LogP contribution < -0.4 is 22.3 Å². The quantitative estimate of drug-likeness (QED) is 0.214. The Morgan fingerprint density at radius 1 is 0.902 bits per heavy atom. The predicted molar refractivity (Wildman–Crippen MR) is 165 cm³/mol. The second-order valence-corrected chi connectivity index (χ2v) is 9.96. The molecule has 3 aromatic heterocycles. The van der Waals surface area contributed by atoms with E-state index in [9.17, 15) is 4.79 Å². The summed E-state index contributed by atoms with van der Waals surface area (Å²) in [6.07, 6.45) is 1.36. The molecule has 0 bridgehead atoms. The average molecular weight is 541 g/mol. The van der Waals surface area contributed by atoms with E-state index in [1.54, 1.807) is 16.7 Å². The molecule has 0 amide bonds. The summed E-state index contributed by atoms with van der Waals surface area (Å²) in [6, 6.07) is 24.7. The van der Waals surface area contributed by atoms with Crippen molar-refractivity contribution in [1.82, 2.24) is 19.5 Å². The number of nitrogens with one attached hydrogen (secondary N) is 2. The van der Waals surface area contributed by atoms with Crippen LogP contribution in [0.15, 0.2) is 90.0 Å². The van der Waals surface area contributed by atoms with Gasteiger partial charge in [0.25, 0.3) is 5.56 Å². The molecule has 0 aliphatic carbocycles. The molecule has 0 radical (unpaired) electrons.